The minimum absolute atomic E-state index is 0.295. The zero-order valence-corrected chi connectivity index (χ0v) is 16.2. The maximum Gasteiger partial charge on any atom is 0.244 e. The average molecular weight is 388 g/mol. The molecule has 2 aromatic heterocycles. The van der Waals surface area contributed by atoms with Crippen molar-refractivity contribution in [2.75, 3.05) is 49.1 Å². The number of sulfonamides is 1. The molecule has 0 aromatic carbocycles. The van der Waals surface area contributed by atoms with Crippen LogP contribution in [0.25, 0.3) is 0 Å². The summed E-state index contributed by atoms with van der Waals surface area (Å²) >= 11 is 0. The highest BCUT2D eigenvalue weighted by Gasteiger charge is 2.26. The van der Waals surface area contributed by atoms with Crippen molar-refractivity contribution in [1.82, 2.24) is 14.3 Å². The van der Waals surface area contributed by atoms with Gasteiger partial charge in [0.1, 0.15) is 10.7 Å². The molecule has 0 aliphatic carbocycles. The van der Waals surface area contributed by atoms with Gasteiger partial charge >= 0.3 is 0 Å². The van der Waals surface area contributed by atoms with Crippen molar-refractivity contribution >= 4 is 21.5 Å². The van der Waals surface area contributed by atoms with Crippen LogP contribution in [0.1, 0.15) is 19.3 Å². The highest BCUT2D eigenvalue weighted by molar-refractivity contribution is 7.89. The van der Waals surface area contributed by atoms with E-state index in [0.717, 1.165) is 51.3 Å². The topological polar surface area (TPSA) is 69.6 Å². The fourth-order valence-corrected chi connectivity index (χ4v) is 5.18. The van der Waals surface area contributed by atoms with Gasteiger partial charge in [-0.25, -0.2) is 13.4 Å². The third-order valence-corrected chi connectivity index (χ3v) is 7.19. The number of rotatable bonds is 4. The molecule has 8 heteroatoms. The van der Waals surface area contributed by atoms with E-state index < -0.39 is 10.0 Å². The largest absolute Gasteiger partial charge is 0.368 e. The molecule has 2 aromatic rings. The molecule has 4 heterocycles. The van der Waals surface area contributed by atoms with E-state index in [9.17, 15) is 8.42 Å². The molecule has 2 aliphatic rings. The van der Waals surface area contributed by atoms with Crippen molar-refractivity contribution in [1.29, 1.82) is 0 Å². The second kappa shape index (κ2) is 7.82. The van der Waals surface area contributed by atoms with Crippen LogP contribution in [0.3, 0.4) is 0 Å². The predicted octanol–water partition coefficient (Wildman–Crippen LogP) is 1.98. The van der Waals surface area contributed by atoms with Gasteiger partial charge in [-0.1, -0.05) is 6.42 Å². The van der Waals surface area contributed by atoms with Crippen molar-refractivity contribution < 1.29 is 8.42 Å². The zero-order chi connectivity index (χ0) is 18.7. The van der Waals surface area contributed by atoms with Crippen molar-refractivity contribution in [3.8, 4) is 0 Å². The molecule has 0 radical (unpaired) electrons. The maximum atomic E-state index is 12.7. The van der Waals surface area contributed by atoms with E-state index in [-0.39, 0.29) is 0 Å². The third kappa shape index (κ3) is 3.91. The Kier molecular flexibility index (Phi) is 5.27. The Bertz CT molecular complexity index is 843. The quantitative estimate of drug-likeness (QED) is 0.799. The lowest BCUT2D eigenvalue weighted by Gasteiger charge is -2.36. The summed E-state index contributed by atoms with van der Waals surface area (Å²) < 4.78 is 27.1. The fourth-order valence-electron chi connectivity index (χ4n) is 3.72. The Labute approximate surface area is 160 Å². The van der Waals surface area contributed by atoms with E-state index in [2.05, 4.69) is 19.8 Å². The van der Waals surface area contributed by atoms with Crippen LogP contribution < -0.4 is 9.80 Å². The molecule has 2 saturated heterocycles. The number of aromatic nitrogens is 2. The van der Waals surface area contributed by atoms with Crippen LogP contribution in [-0.4, -0.2) is 62.0 Å². The first-order valence-corrected chi connectivity index (χ1v) is 10.9. The number of pyridine rings is 2. The second-order valence-electron chi connectivity index (χ2n) is 7.00. The van der Waals surface area contributed by atoms with Gasteiger partial charge in [0.15, 0.2) is 0 Å². The Morgan fingerprint density at radius 2 is 1.44 bits per heavy atom. The average Bonchev–Trinajstić information content (AvgIpc) is 2.75. The molecule has 0 bridgehead atoms. The lowest BCUT2D eigenvalue weighted by molar-refractivity contribution is 0.346. The molecule has 2 fully saturated rings. The molecule has 144 valence electrons. The van der Waals surface area contributed by atoms with Crippen molar-refractivity contribution in [3.05, 3.63) is 42.9 Å². The number of anilines is 2. The predicted molar refractivity (Wildman–Crippen MR) is 106 cm³/mol. The van der Waals surface area contributed by atoms with E-state index >= 15 is 0 Å². The number of piperazine rings is 1. The Hall–Kier alpha value is -2.19. The normalized spacial score (nSPS) is 19.3. The number of piperidine rings is 1. The van der Waals surface area contributed by atoms with Gasteiger partial charge in [-0.2, -0.15) is 4.31 Å². The molecule has 0 amide bonds. The highest BCUT2D eigenvalue weighted by atomic mass is 32.2. The first-order valence-electron chi connectivity index (χ1n) is 9.51. The highest BCUT2D eigenvalue weighted by Crippen LogP contribution is 2.23. The Balaban J connectivity index is 1.41. The number of hydrogen-bond donors (Lipinski definition) is 0. The summed E-state index contributed by atoms with van der Waals surface area (Å²) in [5.41, 5.74) is 1.18. The number of nitrogens with zero attached hydrogens (tertiary/aromatic N) is 5. The summed E-state index contributed by atoms with van der Waals surface area (Å²) in [7, 11) is -3.42. The minimum Gasteiger partial charge on any atom is -0.368 e. The van der Waals surface area contributed by atoms with Gasteiger partial charge in [0, 0.05) is 63.5 Å². The van der Waals surface area contributed by atoms with E-state index in [0.29, 0.717) is 18.0 Å². The summed E-state index contributed by atoms with van der Waals surface area (Å²) in [5.74, 6) is 0.835. The summed E-state index contributed by atoms with van der Waals surface area (Å²) in [4.78, 5) is 13.3. The van der Waals surface area contributed by atoms with Gasteiger partial charge in [-0.15, -0.1) is 0 Å². The third-order valence-electron chi connectivity index (χ3n) is 5.31. The molecule has 0 spiro atoms. The summed E-state index contributed by atoms with van der Waals surface area (Å²) in [6.07, 6.45) is 8.11. The van der Waals surface area contributed by atoms with Crippen LogP contribution in [0.15, 0.2) is 47.8 Å². The first kappa shape index (κ1) is 18.2. The lowest BCUT2D eigenvalue weighted by atomic mass is 10.2. The van der Waals surface area contributed by atoms with Crippen LogP contribution in [0.2, 0.25) is 0 Å². The minimum atomic E-state index is -3.42. The fraction of sp³-hybridized carbons (Fsp3) is 0.474. The summed E-state index contributed by atoms with van der Waals surface area (Å²) in [5, 5.41) is 0. The van der Waals surface area contributed by atoms with Gasteiger partial charge < -0.3 is 9.80 Å². The SMILES string of the molecule is O=S(=O)(c1ccc(N2CCN(c3ccncc3)CC2)nc1)N1CCCCC1. The van der Waals surface area contributed by atoms with E-state index in [4.69, 9.17) is 0 Å². The smallest absolute Gasteiger partial charge is 0.244 e. The molecular weight excluding hydrogens is 362 g/mol. The molecular formula is C19H25N5O2S. The van der Waals surface area contributed by atoms with Crippen molar-refractivity contribution in [2.24, 2.45) is 0 Å². The molecule has 0 atom stereocenters. The van der Waals surface area contributed by atoms with Crippen LogP contribution in [0.5, 0.6) is 0 Å². The van der Waals surface area contributed by atoms with Gasteiger partial charge in [-0.3, -0.25) is 4.98 Å². The maximum absolute atomic E-state index is 12.7. The van der Waals surface area contributed by atoms with E-state index in [1.807, 2.05) is 30.6 Å². The van der Waals surface area contributed by atoms with Crippen LogP contribution in [-0.2, 0) is 10.0 Å². The summed E-state index contributed by atoms with van der Waals surface area (Å²) in [6, 6.07) is 7.57. The zero-order valence-electron chi connectivity index (χ0n) is 15.4. The van der Waals surface area contributed by atoms with Gasteiger partial charge in [0.05, 0.1) is 0 Å². The van der Waals surface area contributed by atoms with Crippen LogP contribution in [0, 0.1) is 0 Å². The van der Waals surface area contributed by atoms with Crippen molar-refractivity contribution in [3.63, 3.8) is 0 Å². The van der Waals surface area contributed by atoms with Crippen LogP contribution >= 0.6 is 0 Å². The van der Waals surface area contributed by atoms with Gasteiger partial charge in [0.25, 0.3) is 0 Å². The molecule has 0 N–H and O–H groups in total. The molecule has 0 unspecified atom stereocenters. The molecule has 0 saturated carbocycles. The van der Waals surface area contributed by atoms with E-state index in [1.54, 1.807) is 10.4 Å². The standard InChI is InChI=1S/C19H25N5O2S/c25-27(26,24-10-2-1-3-11-24)18-4-5-19(21-16-18)23-14-12-22(13-15-23)17-6-8-20-9-7-17/h4-9,16H,1-3,10-15H2. The molecule has 4 rings (SSSR count). The van der Waals surface area contributed by atoms with E-state index in [1.165, 1.54) is 11.9 Å². The van der Waals surface area contributed by atoms with Gasteiger partial charge in [0.2, 0.25) is 10.0 Å². The first-order chi connectivity index (χ1) is 13.1. The lowest BCUT2D eigenvalue weighted by Crippen LogP contribution is -2.46. The van der Waals surface area contributed by atoms with Gasteiger partial charge in [-0.05, 0) is 37.1 Å². The summed E-state index contributed by atoms with van der Waals surface area (Å²) in [6.45, 7) is 4.74. The van der Waals surface area contributed by atoms with Crippen molar-refractivity contribution in [2.45, 2.75) is 24.2 Å². The second-order valence-corrected chi connectivity index (χ2v) is 8.93. The molecule has 7 nitrogen and oxygen atoms in total. The van der Waals surface area contributed by atoms with Crippen LogP contribution in [0.4, 0.5) is 11.5 Å². The Morgan fingerprint density at radius 1 is 0.778 bits per heavy atom. The number of hydrogen-bond acceptors (Lipinski definition) is 6. The molecule has 27 heavy (non-hydrogen) atoms. The monoisotopic (exact) mass is 387 g/mol. The molecule has 2 aliphatic heterocycles. The Morgan fingerprint density at radius 3 is 2.07 bits per heavy atom.